The molecule has 0 saturated carbocycles. The molecular weight excluding hydrogens is 268 g/mol. The molecule has 1 fully saturated rings. The number of hydrogen-bond acceptors (Lipinski definition) is 3. The molecule has 1 aromatic rings. The predicted molar refractivity (Wildman–Crippen MR) is 85.4 cm³/mol. The second-order valence-corrected chi connectivity index (χ2v) is 6.24. The fourth-order valence-electron chi connectivity index (χ4n) is 2.65. The first-order valence-corrected chi connectivity index (χ1v) is 8.59. The molecule has 1 heterocycles. The lowest BCUT2D eigenvalue weighted by Gasteiger charge is -2.33. The maximum Gasteiger partial charge on any atom is 0.251 e. The van der Waals surface area contributed by atoms with Gasteiger partial charge in [0.05, 0.1) is 0 Å². The van der Waals surface area contributed by atoms with Gasteiger partial charge in [0.1, 0.15) is 0 Å². The Morgan fingerprint density at radius 3 is 2.75 bits per heavy atom. The summed E-state index contributed by atoms with van der Waals surface area (Å²) in [5.41, 5.74) is 0.745. The van der Waals surface area contributed by atoms with Crippen molar-refractivity contribution in [2.45, 2.75) is 37.1 Å². The molecule has 1 atom stereocenters. The number of benzene rings is 1. The fourth-order valence-corrected chi connectivity index (χ4v) is 3.06. The summed E-state index contributed by atoms with van der Waals surface area (Å²) in [7, 11) is 0. The predicted octanol–water partition coefficient (Wildman–Crippen LogP) is 3.01. The number of thioether (sulfide) groups is 1. The molecule has 20 heavy (non-hydrogen) atoms. The molecule has 1 N–H and O–H groups in total. The van der Waals surface area contributed by atoms with Gasteiger partial charge in [-0.15, -0.1) is 11.8 Å². The van der Waals surface area contributed by atoms with Crippen molar-refractivity contribution < 1.29 is 4.79 Å². The summed E-state index contributed by atoms with van der Waals surface area (Å²) >= 11 is 1.69. The van der Waals surface area contributed by atoms with Gasteiger partial charge >= 0.3 is 0 Å². The lowest BCUT2D eigenvalue weighted by molar-refractivity contribution is 0.0938. The molecule has 2 rings (SSSR count). The average molecular weight is 292 g/mol. The highest BCUT2D eigenvalue weighted by molar-refractivity contribution is 7.98. The Balaban J connectivity index is 1.76. The van der Waals surface area contributed by atoms with Crippen LogP contribution in [-0.2, 0) is 0 Å². The first-order chi connectivity index (χ1) is 9.70. The minimum Gasteiger partial charge on any atom is -0.351 e. The van der Waals surface area contributed by atoms with Crippen LogP contribution in [0.1, 0.15) is 36.5 Å². The lowest BCUT2D eigenvalue weighted by Crippen LogP contribution is -2.42. The molecule has 1 aromatic carbocycles. The number of nitrogens with zero attached hydrogens (tertiary/aromatic N) is 1. The lowest BCUT2D eigenvalue weighted by atomic mass is 10.0. The van der Waals surface area contributed by atoms with Gasteiger partial charge in [0.2, 0.25) is 0 Å². The Kier molecular flexibility index (Phi) is 5.92. The van der Waals surface area contributed by atoms with Crippen molar-refractivity contribution in [1.29, 1.82) is 0 Å². The van der Waals surface area contributed by atoms with E-state index in [1.807, 2.05) is 30.5 Å². The van der Waals surface area contributed by atoms with Crippen LogP contribution < -0.4 is 5.32 Å². The Morgan fingerprint density at radius 2 is 2.10 bits per heavy atom. The number of carbonyl (C=O) groups excluding carboxylic acids is 1. The van der Waals surface area contributed by atoms with Crippen molar-refractivity contribution in [3.8, 4) is 0 Å². The van der Waals surface area contributed by atoms with Gasteiger partial charge in [-0.25, -0.2) is 0 Å². The standard InChI is InChI=1S/C16H24N2OS/c1-13-5-3-4-11-18(13)12-10-17-16(19)14-6-8-15(20-2)9-7-14/h6-9,13H,3-5,10-12H2,1-2H3,(H,17,19). The first kappa shape index (κ1) is 15.4. The van der Waals surface area contributed by atoms with Crippen LogP contribution in [-0.4, -0.2) is 42.7 Å². The van der Waals surface area contributed by atoms with Gasteiger partial charge in [-0.2, -0.15) is 0 Å². The smallest absolute Gasteiger partial charge is 0.251 e. The topological polar surface area (TPSA) is 32.3 Å². The summed E-state index contributed by atoms with van der Waals surface area (Å²) < 4.78 is 0. The van der Waals surface area contributed by atoms with Crippen LogP contribution in [0.25, 0.3) is 0 Å². The number of nitrogens with one attached hydrogen (secondary N) is 1. The van der Waals surface area contributed by atoms with Crippen LogP contribution in [0.4, 0.5) is 0 Å². The molecule has 0 spiro atoms. The van der Waals surface area contributed by atoms with Crippen LogP contribution in [0.3, 0.4) is 0 Å². The molecule has 4 heteroatoms. The summed E-state index contributed by atoms with van der Waals surface area (Å²) in [5, 5.41) is 3.02. The Hall–Kier alpha value is -1.00. The first-order valence-electron chi connectivity index (χ1n) is 7.37. The molecule has 0 radical (unpaired) electrons. The summed E-state index contributed by atoms with van der Waals surface area (Å²) in [6.07, 6.45) is 5.94. The minimum absolute atomic E-state index is 0.0299. The van der Waals surface area contributed by atoms with Gasteiger partial charge in [0.25, 0.3) is 5.91 Å². The van der Waals surface area contributed by atoms with Gasteiger partial charge in [-0.05, 0) is 56.8 Å². The van der Waals surface area contributed by atoms with E-state index in [-0.39, 0.29) is 5.91 Å². The fraction of sp³-hybridized carbons (Fsp3) is 0.562. The van der Waals surface area contributed by atoms with Gasteiger partial charge in [-0.1, -0.05) is 6.42 Å². The van der Waals surface area contributed by atoms with E-state index in [4.69, 9.17) is 0 Å². The van der Waals surface area contributed by atoms with Gasteiger partial charge in [0.15, 0.2) is 0 Å². The quantitative estimate of drug-likeness (QED) is 0.847. The monoisotopic (exact) mass is 292 g/mol. The third-order valence-corrected chi connectivity index (χ3v) is 4.72. The molecule has 1 saturated heterocycles. The number of carbonyl (C=O) groups is 1. The van der Waals surface area contributed by atoms with Gasteiger partial charge in [-0.3, -0.25) is 9.69 Å². The minimum atomic E-state index is 0.0299. The highest BCUT2D eigenvalue weighted by Gasteiger charge is 2.17. The number of rotatable bonds is 5. The van der Waals surface area contributed by atoms with Gasteiger partial charge < -0.3 is 5.32 Å². The molecule has 0 aromatic heterocycles. The molecule has 1 amide bonds. The molecule has 0 bridgehead atoms. The molecule has 1 aliphatic rings. The van der Waals surface area contributed by atoms with Crippen molar-refractivity contribution in [1.82, 2.24) is 10.2 Å². The zero-order valence-electron chi connectivity index (χ0n) is 12.4. The van der Waals surface area contributed by atoms with E-state index in [2.05, 4.69) is 17.1 Å². The summed E-state index contributed by atoms with van der Waals surface area (Å²) in [6.45, 7) is 5.13. The largest absolute Gasteiger partial charge is 0.351 e. The Labute approximate surface area is 126 Å². The summed E-state index contributed by atoms with van der Waals surface area (Å²) in [5.74, 6) is 0.0299. The highest BCUT2D eigenvalue weighted by Crippen LogP contribution is 2.16. The number of likely N-dealkylation sites (tertiary alicyclic amines) is 1. The van der Waals surface area contributed by atoms with Crippen molar-refractivity contribution >= 4 is 17.7 Å². The van der Waals surface area contributed by atoms with E-state index < -0.39 is 0 Å². The molecule has 1 unspecified atom stereocenters. The highest BCUT2D eigenvalue weighted by atomic mass is 32.2. The zero-order chi connectivity index (χ0) is 14.4. The molecule has 110 valence electrons. The number of hydrogen-bond donors (Lipinski definition) is 1. The molecule has 3 nitrogen and oxygen atoms in total. The van der Waals surface area contributed by atoms with Crippen LogP contribution in [0.2, 0.25) is 0 Å². The summed E-state index contributed by atoms with van der Waals surface area (Å²) in [4.78, 5) is 15.7. The van der Waals surface area contributed by atoms with Crippen molar-refractivity contribution in [3.63, 3.8) is 0 Å². The van der Waals surface area contributed by atoms with Crippen LogP contribution in [0.15, 0.2) is 29.2 Å². The number of amides is 1. The van der Waals surface area contributed by atoms with Crippen molar-refractivity contribution in [3.05, 3.63) is 29.8 Å². The second-order valence-electron chi connectivity index (χ2n) is 5.37. The van der Waals surface area contributed by atoms with Crippen LogP contribution in [0.5, 0.6) is 0 Å². The summed E-state index contributed by atoms with van der Waals surface area (Å²) in [6, 6.07) is 8.43. The average Bonchev–Trinajstić information content (AvgIpc) is 2.49. The SMILES string of the molecule is CSc1ccc(C(=O)NCCN2CCCCC2C)cc1. The Morgan fingerprint density at radius 1 is 1.35 bits per heavy atom. The normalized spacial score (nSPS) is 19.8. The molecular formula is C16H24N2OS. The van der Waals surface area contributed by atoms with E-state index in [9.17, 15) is 4.79 Å². The maximum atomic E-state index is 12.0. The van der Waals surface area contributed by atoms with Crippen LogP contribution >= 0.6 is 11.8 Å². The van der Waals surface area contributed by atoms with E-state index >= 15 is 0 Å². The van der Waals surface area contributed by atoms with E-state index in [1.54, 1.807) is 11.8 Å². The molecule has 0 aliphatic carbocycles. The Bertz CT molecular complexity index is 433. The molecule has 1 aliphatic heterocycles. The third kappa shape index (κ3) is 4.25. The van der Waals surface area contributed by atoms with Crippen molar-refractivity contribution in [2.24, 2.45) is 0 Å². The third-order valence-electron chi connectivity index (χ3n) is 3.98. The van der Waals surface area contributed by atoms with Crippen LogP contribution in [0, 0.1) is 0 Å². The number of piperidine rings is 1. The van der Waals surface area contributed by atoms with Crippen molar-refractivity contribution in [2.75, 3.05) is 25.9 Å². The van der Waals surface area contributed by atoms with E-state index in [0.717, 1.165) is 18.7 Å². The second kappa shape index (κ2) is 7.70. The van der Waals surface area contributed by atoms with Gasteiger partial charge in [0, 0.05) is 29.6 Å². The zero-order valence-corrected chi connectivity index (χ0v) is 13.2. The van der Waals surface area contributed by atoms with E-state index in [0.29, 0.717) is 6.04 Å². The van der Waals surface area contributed by atoms with E-state index in [1.165, 1.54) is 30.7 Å². The maximum absolute atomic E-state index is 12.0.